The number of hydrogen-bond donors (Lipinski definition) is 0. The van der Waals surface area contributed by atoms with Gasteiger partial charge in [-0.05, 0) is 12.8 Å². The van der Waals surface area contributed by atoms with Gasteiger partial charge in [0, 0.05) is 17.4 Å². The van der Waals surface area contributed by atoms with Crippen LogP contribution in [0, 0.1) is 0 Å². The molecule has 1 saturated heterocycles. The molecule has 2 heterocycles. The molecule has 1 saturated carbocycles. The van der Waals surface area contributed by atoms with Crippen LogP contribution >= 0.6 is 23.1 Å². The van der Waals surface area contributed by atoms with E-state index in [0.717, 1.165) is 22.1 Å². The molecule has 17 heavy (non-hydrogen) atoms. The van der Waals surface area contributed by atoms with Crippen molar-refractivity contribution in [3.05, 3.63) is 16.1 Å². The molecular weight excluding hydrogens is 254 g/mol. The molecule has 0 N–H and O–H groups in total. The highest BCUT2D eigenvalue weighted by atomic mass is 32.2. The Morgan fingerprint density at radius 1 is 1.35 bits per heavy atom. The first-order valence-corrected chi connectivity index (χ1v) is 8.10. The summed E-state index contributed by atoms with van der Waals surface area (Å²) in [6.45, 7) is 0. The predicted molar refractivity (Wildman–Crippen MR) is 69.9 cm³/mol. The number of thiazole rings is 1. The molecule has 92 valence electrons. The molecule has 5 heteroatoms. The quantitative estimate of drug-likeness (QED) is 0.791. The standard InChI is InChI=1S/C12H15NO2S2/c14-12(15-9-5-16-6-9)11-10(13-7-17-11)8-3-1-2-4-8/h7-9H,1-6H2. The van der Waals surface area contributed by atoms with Crippen LogP contribution in [-0.2, 0) is 4.74 Å². The number of carbonyl (C=O) groups is 1. The first-order valence-electron chi connectivity index (χ1n) is 6.06. The minimum absolute atomic E-state index is 0.131. The average molecular weight is 269 g/mol. The van der Waals surface area contributed by atoms with E-state index < -0.39 is 0 Å². The molecule has 1 aliphatic heterocycles. The minimum atomic E-state index is -0.153. The molecule has 2 aliphatic rings. The largest absolute Gasteiger partial charge is 0.456 e. The maximum Gasteiger partial charge on any atom is 0.350 e. The van der Waals surface area contributed by atoms with Crippen LogP contribution in [0.2, 0.25) is 0 Å². The van der Waals surface area contributed by atoms with Crippen molar-refractivity contribution in [3.63, 3.8) is 0 Å². The minimum Gasteiger partial charge on any atom is -0.456 e. The summed E-state index contributed by atoms with van der Waals surface area (Å²) in [5, 5.41) is 0. The van der Waals surface area contributed by atoms with Gasteiger partial charge in [0.2, 0.25) is 0 Å². The number of esters is 1. The van der Waals surface area contributed by atoms with Gasteiger partial charge >= 0.3 is 5.97 Å². The maximum absolute atomic E-state index is 12.0. The van der Waals surface area contributed by atoms with E-state index >= 15 is 0 Å². The Morgan fingerprint density at radius 2 is 2.12 bits per heavy atom. The first-order chi connectivity index (χ1) is 8.34. The van der Waals surface area contributed by atoms with Crippen molar-refractivity contribution in [3.8, 4) is 0 Å². The predicted octanol–water partition coefficient (Wildman–Crippen LogP) is 3.07. The van der Waals surface area contributed by atoms with Crippen LogP contribution in [0.4, 0.5) is 0 Å². The Morgan fingerprint density at radius 3 is 2.76 bits per heavy atom. The van der Waals surface area contributed by atoms with Crippen molar-refractivity contribution in [1.82, 2.24) is 4.98 Å². The molecule has 3 nitrogen and oxygen atoms in total. The number of thioether (sulfide) groups is 1. The molecule has 0 spiro atoms. The second kappa shape index (κ2) is 4.98. The highest BCUT2D eigenvalue weighted by Crippen LogP contribution is 2.36. The van der Waals surface area contributed by atoms with E-state index in [1.54, 1.807) is 5.51 Å². The zero-order chi connectivity index (χ0) is 11.7. The molecular formula is C12H15NO2S2. The number of nitrogens with zero attached hydrogens (tertiary/aromatic N) is 1. The highest BCUT2D eigenvalue weighted by molar-refractivity contribution is 8.00. The van der Waals surface area contributed by atoms with Gasteiger partial charge in [-0.1, -0.05) is 12.8 Å². The lowest BCUT2D eigenvalue weighted by Gasteiger charge is -2.24. The zero-order valence-corrected chi connectivity index (χ0v) is 11.2. The van der Waals surface area contributed by atoms with Crippen LogP contribution in [0.15, 0.2) is 5.51 Å². The van der Waals surface area contributed by atoms with Gasteiger partial charge < -0.3 is 4.74 Å². The molecule has 1 aromatic rings. The molecule has 0 amide bonds. The van der Waals surface area contributed by atoms with Crippen molar-refractivity contribution in [2.45, 2.75) is 37.7 Å². The van der Waals surface area contributed by atoms with Crippen LogP contribution in [-0.4, -0.2) is 28.6 Å². The van der Waals surface area contributed by atoms with Gasteiger partial charge in [-0.25, -0.2) is 9.78 Å². The number of carbonyl (C=O) groups excluding carboxylic acids is 1. The van der Waals surface area contributed by atoms with Crippen LogP contribution in [0.1, 0.15) is 47.0 Å². The van der Waals surface area contributed by atoms with E-state index in [0.29, 0.717) is 5.92 Å². The smallest absolute Gasteiger partial charge is 0.350 e. The van der Waals surface area contributed by atoms with Crippen LogP contribution in [0.5, 0.6) is 0 Å². The van der Waals surface area contributed by atoms with Crippen molar-refractivity contribution in [1.29, 1.82) is 0 Å². The number of hydrogen-bond acceptors (Lipinski definition) is 5. The van der Waals surface area contributed by atoms with Gasteiger partial charge in [-0.2, -0.15) is 11.8 Å². The maximum atomic E-state index is 12.0. The fourth-order valence-corrected chi connectivity index (χ4v) is 3.70. The van der Waals surface area contributed by atoms with Gasteiger partial charge in [0.1, 0.15) is 11.0 Å². The summed E-state index contributed by atoms with van der Waals surface area (Å²) in [6, 6.07) is 0. The molecule has 0 bridgehead atoms. The van der Waals surface area contributed by atoms with Gasteiger partial charge in [0.15, 0.2) is 0 Å². The lowest BCUT2D eigenvalue weighted by Crippen LogP contribution is -2.30. The molecule has 0 unspecified atom stereocenters. The SMILES string of the molecule is O=C(OC1CSC1)c1scnc1C1CCCC1. The van der Waals surface area contributed by atoms with Gasteiger partial charge in [0.05, 0.1) is 11.2 Å². The van der Waals surface area contributed by atoms with E-state index in [-0.39, 0.29) is 12.1 Å². The fraction of sp³-hybridized carbons (Fsp3) is 0.667. The van der Waals surface area contributed by atoms with Crippen LogP contribution < -0.4 is 0 Å². The zero-order valence-electron chi connectivity index (χ0n) is 9.55. The number of ether oxygens (including phenoxy) is 1. The molecule has 1 aliphatic carbocycles. The summed E-state index contributed by atoms with van der Waals surface area (Å²) in [5.74, 6) is 2.23. The van der Waals surface area contributed by atoms with E-state index in [1.165, 1.54) is 37.0 Å². The van der Waals surface area contributed by atoms with E-state index in [9.17, 15) is 4.79 Å². The lowest BCUT2D eigenvalue weighted by atomic mass is 10.0. The van der Waals surface area contributed by atoms with Gasteiger partial charge in [0.25, 0.3) is 0 Å². The van der Waals surface area contributed by atoms with Crippen molar-refractivity contribution in [2.75, 3.05) is 11.5 Å². The van der Waals surface area contributed by atoms with E-state index in [1.807, 2.05) is 11.8 Å². The molecule has 3 rings (SSSR count). The highest BCUT2D eigenvalue weighted by Gasteiger charge is 2.29. The van der Waals surface area contributed by atoms with E-state index in [4.69, 9.17) is 4.74 Å². The van der Waals surface area contributed by atoms with Crippen molar-refractivity contribution >= 4 is 29.1 Å². The molecule has 2 fully saturated rings. The fourth-order valence-electron chi connectivity index (χ4n) is 2.38. The first kappa shape index (κ1) is 11.5. The number of rotatable bonds is 3. The second-order valence-corrected chi connectivity index (χ2v) is 6.54. The summed E-state index contributed by atoms with van der Waals surface area (Å²) in [4.78, 5) is 17.2. The monoisotopic (exact) mass is 269 g/mol. The topological polar surface area (TPSA) is 39.2 Å². The van der Waals surface area contributed by atoms with Gasteiger partial charge in [-0.3, -0.25) is 0 Å². The summed E-state index contributed by atoms with van der Waals surface area (Å²) in [6.07, 6.45) is 4.99. The Kier molecular flexibility index (Phi) is 3.38. The Bertz CT molecular complexity index is 408. The van der Waals surface area contributed by atoms with Crippen LogP contribution in [0.3, 0.4) is 0 Å². The molecule has 0 radical (unpaired) electrons. The second-order valence-electron chi connectivity index (χ2n) is 4.61. The van der Waals surface area contributed by atoms with Gasteiger partial charge in [-0.15, -0.1) is 11.3 Å². The summed E-state index contributed by atoms with van der Waals surface area (Å²) in [7, 11) is 0. The summed E-state index contributed by atoms with van der Waals surface area (Å²) < 4.78 is 5.44. The van der Waals surface area contributed by atoms with Crippen LogP contribution in [0.25, 0.3) is 0 Å². The van der Waals surface area contributed by atoms with E-state index in [2.05, 4.69) is 4.98 Å². The van der Waals surface area contributed by atoms with Crippen molar-refractivity contribution < 1.29 is 9.53 Å². The third kappa shape index (κ3) is 2.36. The Hall–Kier alpha value is -0.550. The molecule has 0 atom stereocenters. The summed E-state index contributed by atoms with van der Waals surface area (Å²) in [5.41, 5.74) is 2.77. The molecule has 0 aromatic carbocycles. The van der Waals surface area contributed by atoms with Crippen molar-refractivity contribution in [2.24, 2.45) is 0 Å². The third-order valence-electron chi connectivity index (χ3n) is 3.40. The summed E-state index contributed by atoms with van der Waals surface area (Å²) >= 11 is 3.25. The lowest BCUT2D eigenvalue weighted by molar-refractivity contribution is 0.0379. The molecule has 1 aromatic heterocycles. The normalized spacial score (nSPS) is 21.4. The Balaban J connectivity index is 1.72. The average Bonchev–Trinajstić information content (AvgIpc) is 2.91. The number of aromatic nitrogens is 1. The Labute approximate surface area is 109 Å². The third-order valence-corrected chi connectivity index (χ3v) is 5.44.